The lowest BCUT2D eigenvalue weighted by Crippen LogP contribution is -2.03. The van der Waals surface area contributed by atoms with Crippen LogP contribution in [0.4, 0.5) is 0 Å². The molecule has 0 aliphatic heterocycles. The van der Waals surface area contributed by atoms with E-state index in [4.69, 9.17) is 21.1 Å². The zero-order chi connectivity index (χ0) is 17.0. The molecule has 0 aliphatic carbocycles. The molecule has 0 radical (unpaired) electrons. The maximum atomic E-state index is 12.6. The van der Waals surface area contributed by atoms with Crippen molar-refractivity contribution in [3.05, 3.63) is 63.7 Å². The van der Waals surface area contributed by atoms with Crippen LogP contribution in [0.15, 0.2) is 36.4 Å². The van der Waals surface area contributed by atoms with E-state index >= 15 is 0 Å². The first-order valence-electron chi connectivity index (χ1n) is 7.18. The molecule has 0 atom stereocenters. The molecule has 0 spiro atoms. The highest BCUT2D eigenvalue weighted by Crippen LogP contribution is 2.32. The Bertz CT molecular complexity index is 746. The Labute approximate surface area is 141 Å². The van der Waals surface area contributed by atoms with E-state index in [9.17, 15) is 4.79 Å². The highest BCUT2D eigenvalue weighted by Gasteiger charge is 2.17. The molecule has 23 heavy (non-hydrogen) atoms. The SMILES string of the molecule is COc1ccc(/C=C/C(=O)c2c(OC)cc(C)c(Cl)c2C)cc1. The third-order valence-corrected chi connectivity index (χ3v) is 4.24. The summed E-state index contributed by atoms with van der Waals surface area (Å²) in [6.07, 6.45) is 3.28. The van der Waals surface area contributed by atoms with Crippen LogP contribution in [0, 0.1) is 13.8 Å². The van der Waals surface area contributed by atoms with Gasteiger partial charge in [-0.25, -0.2) is 0 Å². The third kappa shape index (κ3) is 3.74. The van der Waals surface area contributed by atoms with Crippen LogP contribution in [-0.2, 0) is 0 Å². The maximum absolute atomic E-state index is 12.6. The zero-order valence-corrected chi connectivity index (χ0v) is 14.4. The summed E-state index contributed by atoms with van der Waals surface area (Å²) in [7, 11) is 3.16. The van der Waals surface area contributed by atoms with Crippen molar-refractivity contribution in [3.8, 4) is 11.5 Å². The molecule has 0 aromatic heterocycles. The van der Waals surface area contributed by atoms with Gasteiger partial charge in [0.2, 0.25) is 0 Å². The summed E-state index contributed by atoms with van der Waals surface area (Å²) in [6.45, 7) is 3.71. The fraction of sp³-hybridized carbons (Fsp3) is 0.211. The Morgan fingerprint density at radius 1 is 1.09 bits per heavy atom. The summed E-state index contributed by atoms with van der Waals surface area (Å²) in [4.78, 5) is 12.6. The van der Waals surface area contributed by atoms with Gasteiger partial charge in [0.15, 0.2) is 5.78 Å². The molecule has 0 N–H and O–H groups in total. The number of hydrogen-bond donors (Lipinski definition) is 0. The van der Waals surface area contributed by atoms with Crippen molar-refractivity contribution in [2.45, 2.75) is 13.8 Å². The second kappa shape index (κ2) is 7.34. The van der Waals surface area contributed by atoms with Gasteiger partial charge < -0.3 is 9.47 Å². The van der Waals surface area contributed by atoms with Crippen molar-refractivity contribution >= 4 is 23.5 Å². The van der Waals surface area contributed by atoms with Gasteiger partial charge in [0, 0.05) is 5.02 Å². The Morgan fingerprint density at radius 3 is 2.30 bits per heavy atom. The average molecular weight is 331 g/mol. The van der Waals surface area contributed by atoms with Crippen LogP contribution >= 0.6 is 11.6 Å². The van der Waals surface area contributed by atoms with Crippen LogP contribution in [0.3, 0.4) is 0 Å². The van der Waals surface area contributed by atoms with Crippen molar-refractivity contribution in [3.63, 3.8) is 0 Å². The second-order valence-corrected chi connectivity index (χ2v) is 5.56. The number of benzene rings is 2. The van der Waals surface area contributed by atoms with E-state index in [-0.39, 0.29) is 5.78 Å². The number of allylic oxidation sites excluding steroid dienone is 1. The summed E-state index contributed by atoms with van der Waals surface area (Å²) in [5.41, 5.74) is 3.02. The number of halogens is 1. The third-order valence-electron chi connectivity index (χ3n) is 3.65. The van der Waals surface area contributed by atoms with Crippen LogP contribution < -0.4 is 9.47 Å². The van der Waals surface area contributed by atoms with E-state index in [2.05, 4.69) is 0 Å². The van der Waals surface area contributed by atoms with Crippen molar-refractivity contribution in [2.24, 2.45) is 0 Å². The molecule has 0 bridgehead atoms. The Hall–Kier alpha value is -2.26. The monoisotopic (exact) mass is 330 g/mol. The molecule has 2 rings (SSSR count). The van der Waals surface area contributed by atoms with E-state index in [0.717, 1.165) is 22.4 Å². The van der Waals surface area contributed by atoms with Crippen LogP contribution in [0.5, 0.6) is 11.5 Å². The van der Waals surface area contributed by atoms with Crippen LogP contribution in [0.25, 0.3) is 6.08 Å². The molecular formula is C19H19ClO3. The van der Waals surface area contributed by atoms with Gasteiger partial charge in [0.25, 0.3) is 0 Å². The van der Waals surface area contributed by atoms with Gasteiger partial charge in [-0.05, 0) is 54.8 Å². The maximum Gasteiger partial charge on any atom is 0.189 e. The lowest BCUT2D eigenvalue weighted by molar-refractivity contribution is 0.104. The Morgan fingerprint density at radius 2 is 1.74 bits per heavy atom. The number of carbonyl (C=O) groups excluding carboxylic acids is 1. The molecule has 2 aromatic rings. The summed E-state index contributed by atoms with van der Waals surface area (Å²) in [6, 6.07) is 9.24. The van der Waals surface area contributed by atoms with Crippen molar-refractivity contribution < 1.29 is 14.3 Å². The molecule has 120 valence electrons. The molecule has 0 aliphatic rings. The highest BCUT2D eigenvalue weighted by atomic mass is 35.5. The Kier molecular flexibility index (Phi) is 5.45. The molecule has 3 nitrogen and oxygen atoms in total. The van der Waals surface area contributed by atoms with Gasteiger partial charge >= 0.3 is 0 Å². The summed E-state index contributed by atoms with van der Waals surface area (Å²) in [5.74, 6) is 1.17. The molecular weight excluding hydrogens is 312 g/mol. The first kappa shape index (κ1) is 17.1. The predicted octanol–water partition coefficient (Wildman–Crippen LogP) is 4.87. The van der Waals surface area contributed by atoms with Crippen LogP contribution in [0.2, 0.25) is 5.02 Å². The van der Waals surface area contributed by atoms with Gasteiger partial charge in [0.1, 0.15) is 11.5 Å². The fourth-order valence-corrected chi connectivity index (χ4v) is 2.51. The van der Waals surface area contributed by atoms with Crippen molar-refractivity contribution in [2.75, 3.05) is 14.2 Å². The Balaban J connectivity index is 2.33. The van der Waals surface area contributed by atoms with Gasteiger partial charge in [-0.15, -0.1) is 0 Å². The first-order chi connectivity index (χ1) is 11.0. The van der Waals surface area contributed by atoms with E-state index in [0.29, 0.717) is 16.3 Å². The second-order valence-electron chi connectivity index (χ2n) is 5.18. The van der Waals surface area contributed by atoms with Crippen LogP contribution in [-0.4, -0.2) is 20.0 Å². The molecule has 0 saturated heterocycles. The summed E-state index contributed by atoms with van der Waals surface area (Å²) >= 11 is 6.26. The first-order valence-corrected chi connectivity index (χ1v) is 7.56. The largest absolute Gasteiger partial charge is 0.497 e. The van der Waals surface area contributed by atoms with Crippen molar-refractivity contribution in [1.29, 1.82) is 0 Å². The topological polar surface area (TPSA) is 35.5 Å². The lowest BCUT2D eigenvalue weighted by atomic mass is 9.99. The number of aryl methyl sites for hydroxylation is 1. The minimum Gasteiger partial charge on any atom is -0.497 e. The molecule has 4 heteroatoms. The van der Waals surface area contributed by atoms with E-state index in [1.165, 1.54) is 6.08 Å². The quantitative estimate of drug-likeness (QED) is 0.579. The van der Waals surface area contributed by atoms with E-state index in [1.54, 1.807) is 26.4 Å². The molecule has 2 aromatic carbocycles. The van der Waals surface area contributed by atoms with E-state index < -0.39 is 0 Å². The zero-order valence-electron chi connectivity index (χ0n) is 13.6. The predicted molar refractivity (Wildman–Crippen MR) is 93.8 cm³/mol. The minimum atomic E-state index is -0.142. The van der Waals surface area contributed by atoms with Gasteiger partial charge in [-0.3, -0.25) is 4.79 Å². The molecule has 0 unspecified atom stereocenters. The fourth-order valence-electron chi connectivity index (χ4n) is 2.36. The molecule has 0 fully saturated rings. The highest BCUT2D eigenvalue weighted by molar-refractivity contribution is 6.33. The van der Waals surface area contributed by atoms with Gasteiger partial charge in [-0.1, -0.05) is 29.8 Å². The number of hydrogen-bond acceptors (Lipinski definition) is 3. The number of rotatable bonds is 5. The van der Waals surface area contributed by atoms with Crippen molar-refractivity contribution in [1.82, 2.24) is 0 Å². The molecule has 0 heterocycles. The summed E-state index contributed by atoms with van der Waals surface area (Å²) in [5, 5.41) is 0.590. The van der Waals surface area contributed by atoms with Crippen LogP contribution in [0.1, 0.15) is 27.0 Å². The molecule has 0 saturated carbocycles. The smallest absolute Gasteiger partial charge is 0.189 e. The van der Waals surface area contributed by atoms with Gasteiger partial charge in [-0.2, -0.15) is 0 Å². The van der Waals surface area contributed by atoms with E-state index in [1.807, 2.05) is 38.1 Å². The number of carbonyl (C=O) groups is 1. The molecule has 0 amide bonds. The normalized spacial score (nSPS) is 10.8. The van der Waals surface area contributed by atoms with Gasteiger partial charge in [0.05, 0.1) is 19.8 Å². The summed E-state index contributed by atoms with van der Waals surface area (Å²) < 4.78 is 10.4. The number of ether oxygens (including phenoxy) is 2. The lowest BCUT2D eigenvalue weighted by Gasteiger charge is -2.13. The number of ketones is 1. The number of methoxy groups -OCH3 is 2. The standard InChI is InChI=1S/C19H19ClO3/c1-12-11-17(23-4)18(13(2)19(12)20)16(21)10-7-14-5-8-15(22-3)9-6-14/h5-11H,1-4H3/b10-7+. The average Bonchev–Trinajstić information content (AvgIpc) is 2.57. The minimum absolute atomic E-state index is 0.142.